The van der Waals surface area contributed by atoms with E-state index >= 15 is 0 Å². The Kier molecular flexibility index (Phi) is 2.48. The molecular weight excluding hydrogens is 236 g/mol. The predicted octanol–water partition coefficient (Wildman–Crippen LogP) is 2.69. The van der Waals surface area contributed by atoms with E-state index in [9.17, 15) is 4.79 Å². The second-order valence-electron chi connectivity index (χ2n) is 4.38. The van der Waals surface area contributed by atoms with Crippen LogP contribution >= 0.6 is 11.6 Å². The van der Waals surface area contributed by atoms with Crippen LogP contribution in [-0.4, -0.2) is 10.2 Å². The van der Waals surface area contributed by atoms with Gasteiger partial charge >= 0.3 is 0 Å². The number of nitrogens with zero attached hydrogens (tertiary/aromatic N) is 1. The number of nitrogens with one attached hydrogen (secondary N) is 1. The standard InChI is InChI=1S/C13H11ClN2O/c14-10-3-1-8(2-4-10)11-6-12(11)9-5-13(17)16-15-7-9/h1-5,7,11-12H,6H2,(H,16,17). The summed E-state index contributed by atoms with van der Waals surface area (Å²) in [5, 5.41) is 6.98. The van der Waals surface area contributed by atoms with Crippen LogP contribution in [0.2, 0.25) is 5.02 Å². The van der Waals surface area contributed by atoms with Crippen molar-refractivity contribution in [1.82, 2.24) is 10.2 Å². The van der Waals surface area contributed by atoms with Gasteiger partial charge in [0.25, 0.3) is 5.56 Å². The van der Waals surface area contributed by atoms with Gasteiger partial charge in [-0.3, -0.25) is 4.79 Å². The number of benzene rings is 1. The third-order valence-corrected chi connectivity index (χ3v) is 3.45. The summed E-state index contributed by atoms with van der Waals surface area (Å²) >= 11 is 5.86. The number of H-pyrrole nitrogens is 1. The van der Waals surface area contributed by atoms with Crippen molar-refractivity contribution in [3.05, 3.63) is 63.0 Å². The van der Waals surface area contributed by atoms with Crippen molar-refractivity contribution in [3.63, 3.8) is 0 Å². The minimum atomic E-state index is -0.135. The van der Waals surface area contributed by atoms with Crippen LogP contribution in [0.5, 0.6) is 0 Å². The van der Waals surface area contributed by atoms with Crippen molar-refractivity contribution < 1.29 is 0 Å². The second-order valence-corrected chi connectivity index (χ2v) is 4.82. The lowest BCUT2D eigenvalue weighted by atomic mass is 10.1. The van der Waals surface area contributed by atoms with E-state index in [1.165, 1.54) is 5.56 Å². The van der Waals surface area contributed by atoms with Crippen LogP contribution in [0.15, 0.2) is 41.3 Å². The van der Waals surface area contributed by atoms with Gasteiger partial charge in [-0.1, -0.05) is 23.7 Å². The first-order chi connectivity index (χ1) is 8.24. The highest BCUT2D eigenvalue weighted by Gasteiger charge is 2.39. The Morgan fingerprint density at radius 2 is 1.88 bits per heavy atom. The van der Waals surface area contributed by atoms with Crippen molar-refractivity contribution in [2.24, 2.45) is 0 Å². The molecular formula is C13H11ClN2O. The van der Waals surface area contributed by atoms with Crippen molar-refractivity contribution in [2.75, 3.05) is 0 Å². The Hall–Kier alpha value is -1.61. The van der Waals surface area contributed by atoms with Crippen LogP contribution in [0.25, 0.3) is 0 Å². The highest BCUT2D eigenvalue weighted by Crippen LogP contribution is 2.54. The maximum absolute atomic E-state index is 11.2. The van der Waals surface area contributed by atoms with Crippen molar-refractivity contribution >= 4 is 11.6 Å². The highest BCUT2D eigenvalue weighted by atomic mass is 35.5. The molecule has 3 rings (SSSR count). The molecule has 1 aromatic carbocycles. The van der Waals surface area contributed by atoms with Crippen molar-refractivity contribution in [3.8, 4) is 0 Å². The number of halogens is 1. The lowest BCUT2D eigenvalue weighted by molar-refractivity contribution is 0.928. The molecule has 4 heteroatoms. The minimum absolute atomic E-state index is 0.135. The third kappa shape index (κ3) is 2.11. The predicted molar refractivity (Wildman–Crippen MR) is 66.4 cm³/mol. The van der Waals surface area contributed by atoms with Gasteiger partial charge < -0.3 is 0 Å². The average Bonchev–Trinajstić information content (AvgIpc) is 3.10. The SMILES string of the molecule is O=c1cc(C2CC2c2ccc(Cl)cc2)cn[nH]1. The van der Waals surface area contributed by atoms with E-state index in [-0.39, 0.29) is 5.56 Å². The van der Waals surface area contributed by atoms with Gasteiger partial charge in [-0.15, -0.1) is 0 Å². The topological polar surface area (TPSA) is 45.8 Å². The molecule has 1 N–H and O–H groups in total. The summed E-state index contributed by atoms with van der Waals surface area (Å²) in [4.78, 5) is 11.2. The van der Waals surface area contributed by atoms with E-state index in [2.05, 4.69) is 10.2 Å². The normalized spacial score (nSPS) is 22.4. The monoisotopic (exact) mass is 246 g/mol. The Bertz CT molecular complexity index is 591. The molecule has 3 nitrogen and oxygen atoms in total. The maximum Gasteiger partial charge on any atom is 0.264 e. The van der Waals surface area contributed by atoms with Gasteiger partial charge in [0.1, 0.15) is 0 Å². The lowest BCUT2D eigenvalue weighted by Crippen LogP contribution is -2.06. The first-order valence-electron chi connectivity index (χ1n) is 5.54. The number of rotatable bonds is 2. The molecule has 1 aromatic heterocycles. The second kappa shape index (κ2) is 4.00. The fourth-order valence-corrected chi connectivity index (χ4v) is 2.36. The molecule has 1 aliphatic rings. The fraction of sp³-hybridized carbons (Fsp3) is 0.231. The summed E-state index contributed by atoms with van der Waals surface area (Å²) in [6, 6.07) is 9.54. The minimum Gasteiger partial charge on any atom is -0.268 e. The molecule has 1 aliphatic carbocycles. The third-order valence-electron chi connectivity index (χ3n) is 3.20. The Morgan fingerprint density at radius 3 is 2.59 bits per heavy atom. The number of aromatic nitrogens is 2. The van der Waals surface area contributed by atoms with Gasteiger partial charge in [0.15, 0.2) is 0 Å². The zero-order valence-corrected chi connectivity index (χ0v) is 9.82. The zero-order valence-electron chi connectivity index (χ0n) is 9.06. The molecule has 0 spiro atoms. The van der Waals surface area contributed by atoms with Gasteiger partial charge in [0.05, 0.1) is 6.20 Å². The lowest BCUT2D eigenvalue weighted by Gasteiger charge is -2.00. The van der Waals surface area contributed by atoms with Gasteiger partial charge in [0.2, 0.25) is 0 Å². The molecule has 86 valence electrons. The van der Waals surface area contributed by atoms with E-state index in [0.29, 0.717) is 11.8 Å². The summed E-state index contributed by atoms with van der Waals surface area (Å²) in [7, 11) is 0. The van der Waals surface area contributed by atoms with E-state index in [0.717, 1.165) is 17.0 Å². The molecule has 0 amide bonds. The Morgan fingerprint density at radius 1 is 1.18 bits per heavy atom. The largest absolute Gasteiger partial charge is 0.268 e. The number of aromatic amines is 1. The fourth-order valence-electron chi connectivity index (χ4n) is 2.24. The number of hydrogen-bond donors (Lipinski definition) is 1. The number of hydrogen-bond acceptors (Lipinski definition) is 2. The van der Waals surface area contributed by atoms with Gasteiger partial charge in [-0.05, 0) is 41.5 Å². The molecule has 0 radical (unpaired) electrons. The molecule has 2 unspecified atom stereocenters. The Balaban J connectivity index is 1.83. The molecule has 1 saturated carbocycles. The van der Waals surface area contributed by atoms with E-state index in [1.54, 1.807) is 12.3 Å². The van der Waals surface area contributed by atoms with E-state index < -0.39 is 0 Å². The summed E-state index contributed by atoms with van der Waals surface area (Å²) in [5.74, 6) is 0.918. The van der Waals surface area contributed by atoms with Gasteiger partial charge in [-0.25, -0.2) is 5.10 Å². The summed E-state index contributed by atoms with van der Waals surface area (Å²) in [5.41, 5.74) is 2.16. The summed E-state index contributed by atoms with van der Waals surface area (Å²) in [6.07, 6.45) is 2.81. The molecule has 0 bridgehead atoms. The summed E-state index contributed by atoms with van der Waals surface area (Å²) < 4.78 is 0. The molecule has 0 aliphatic heterocycles. The molecule has 2 atom stereocenters. The van der Waals surface area contributed by atoms with E-state index in [1.807, 2.05) is 24.3 Å². The zero-order chi connectivity index (χ0) is 11.8. The highest BCUT2D eigenvalue weighted by molar-refractivity contribution is 6.30. The summed E-state index contributed by atoms with van der Waals surface area (Å²) in [6.45, 7) is 0. The van der Waals surface area contributed by atoms with Crippen LogP contribution < -0.4 is 5.56 Å². The van der Waals surface area contributed by atoms with E-state index in [4.69, 9.17) is 11.6 Å². The quantitative estimate of drug-likeness (QED) is 0.886. The first kappa shape index (κ1) is 10.5. The van der Waals surface area contributed by atoms with Crippen molar-refractivity contribution in [1.29, 1.82) is 0 Å². The first-order valence-corrected chi connectivity index (χ1v) is 5.92. The Labute approximate surface area is 103 Å². The molecule has 2 aromatic rings. The van der Waals surface area contributed by atoms with Crippen LogP contribution in [0, 0.1) is 0 Å². The van der Waals surface area contributed by atoms with Crippen molar-refractivity contribution in [2.45, 2.75) is 18.3 Å². The molecule has 1 heterocycles. The van der Waals surface area contributed by atoms with Gasteiger partial charge in [0, 0.05) is 11.1 Å². The van der Waals surface area contributed by atoms with Crippen LogP contribution in [0.4, 0.5) is 0 Å². The van der Waals surface area contributed by atoms with Crippen LogP contribution in [0.1, 0.15) is 29.4 Å². The molecule has 1 fully saturated rings. The van der Waals surface area contributed by atoms with Crippen LogP contribution in [-0.2, 0) is 0 Å². The molecule has 17 heavy (non-hydrogen) atoms. The smallest absolute Gasteiger partial charge is 0.264 e. The van der Waals surface area contributed by atoms with Gasteiger partial charge in [-0.2, -0.15) is 5.10 Å². The van der Waals surface area contributed by atoms with Crippen LogP contribution in [0.3, 0.4) is 0 Å². The molecule has 0 saturated heterocycles. The average molecular weight is 247 g/mol. The maximum atomic E-state index is 11.2.